The maximum absolute atomic E-state index is 12.5. The lowest BCUT2D eigenvalue weighted by atomic mass is 10.1. The normalized spacial score (nSPS) is 36.4. The molecule has 3 rings (SSSR count). The van der Waals surface area contributed by atoms with E-state index in [1.54, 1.807) is 0 Å². The summed E-state index contributed by atoms with van der Waals surface area (Å²) >= 11 is 0. The predicted molar refractivity (Wildman–Crippen MR) is 75.4 cm³/mol. The molecule has 0 radical (unpaired) electrons. The van der Waals surface area contributed by atoms with Crippen molar-refractivity contribution in [3.05, 3.63) is 0 Å². The van der Waals surface area contributed by atoms with Crippen molar-refractivity contribution < 1.29 is 14.6 Å². The van der Waals surface area contributed by atoms with Gasteiger partial charge in [-0.05, 0) is 51.5 Å². The van der Waals surface area contributed by atoms with Crippen LogP contribution >= 0.6 is 0 Å². The summed E-state index contributed by atoms with van der Waals surface area (Å²) in [4.78, 5) is 14.9. The standard InChI is InChI=1S/C15H26N2O3/c18-14-5-1-3-12(14)16-15(19)13-4-2-8-17(13)11-6-9-20-10-7-11/h11-14,18H,1-10H2,(H,16,19). The largest absolute Gasteiger partial charge is 0.391 e. The van der Waals surface area contributed by atoms with Gasteiger partial charge in [-0.25, -0.2) is 0 Å². The molecule has 3 unspecified atom stereocenters. The van der Waals surface area contributed by atoms with Crippen LogP contribution in [0.3, 0.4) is 0 Å². The topological polar surface area (TPSA) is 61.8 Å². The van der Waals surface area contributed by atoms with Gasteiger partial charge in [0.05, 0.1) is 18.2 Å². The minimum atomic E-state index is -0.350. The van der Waals surface area contributed by atoms with Gasteiger partial charge in [-0.3, -0.25) is 9.69 Å². The van der Waals surface area contributed by atoms with E-state index in [2.05, 4.69) is 10.2 Å². The molecule has 1 saturated carbocycles. The Balaban J connectivity index is 1.58. The van der Waals surface area contributed by atoms with E-state index in [-0.39, 0.29) is 24.1 Å². The number of hydrogen-bond donors (Lipinski definition) is 2. The average Bonchev–Trinajstić information content (AvgIpc) is 3.09. The average molecular weight is 282 g/mol. The van der Waals surface area contributed by atoms with Crippen LogP contribution in [-0.4, -0.2) is 59.9 Å². The molecule has 114 valence electrons. The van der Waals surface area contributed by atoms with Crippen molar-refractivity contribution in [3.8, 4) is 0 Å². The number of amides is 1. The molecule has 1 amide bonds. The lowest BCUT2D eigenvalue weighted by Gasteiger charge is -2.35. The highest BCUT2D eigenvalue weighted by atomic mass is 16.5. The Bertz CT molecular complexity index is 344. The number of aliphatic hydroxyl groups excluding tert-OH is 1. The van der Waals surface area contributed by atoms with E-state index in [1.165, 1.54) is 0 Å². The number of carbonyl (C=O) groups is 1. The number of rotatable bonds is 3. The van der Waals surface area contributed by atoms with Crippen LogP contribution in [0.2, 0.25) is 0 Å². The van der Waals surface area contributed by atoms with E-state index in [9.17, 15) is 9.90 Å². The Kier molecular flexibility index (Phi) is 4.58. The molecule has 1 aliphatic carbocycles. The van der Waals surface area contributed by atoms with Crippen LogP contribution in [-0.2, 0) is 9.53 Å². The van der Waals surface area contributed by atoms with E-state index in [0.29, 0.717) is 6.04 Å². The van der Waals surface area contributed by atoms with Gasteiger partial charge in [0.2, 0.25) is 5.91 Å². The first-order valence-corrected chi connectivity index (χ1v) is 8.07. The molecule has 0 spiro atoms. The number of nitrogens with one attached hydrogen (secondary N) is 1. The van der Waals surface area contributed by atoms with Crippen molar-refractivity contribution in [1.82, 2.24) is 10.2 Å². The molecule has 2 saturated heterocycles. The molecular formula is C15H26N2O3. The van der Waals surface area contributed by atoms with Crippen LogP contribution in [0.25, 0.3) is 0 Å². The SMILES string of the molecule is O=C(NC1CCCC1O)C1CCCN1C1CCOCC1. The Labute approximate surface area is 120 Å². The van der Waals surface area contributed by atoms with Crippen molar-refractivity contribution in [2.75, 3.05) is 19.8 Å². The predicted octanol–water partition coefficient (Wildman–Crippen LogP) is 0.659. The van der Waals surface area contributed by atoms with Gasteiger partial charge in [-0.15, -0.1) is 0 Å². The van der Waals surface area contributed by atoms with Crippen LogP contribution in [0.15, 0.2) is 0 Å². The molecule has 3 aliphatic rings. The molecule has 0 aromatic rings. The van der Waals surface area contributed by atoms with Gasteiger partial charge in [-0.1, -0.05) is 0 Å². The number of nitrogens with zero attached hydrogens (tertiary/aromatic N) is 1. The van der Waals surface area contributed by atoms with Crippen molar-refractivity contribution in [3.63, 3.8) is 0 Å². The maximum Gasteiger partial charge on any atom is 0.237 e. The smallest absolute Gasteiger partial charge is 0.237 e. The molecule has 2 N–H and O–H groups in total. The third kappa shape index (κ3) is 3.00. The van der Waals surface area contributed by atoms with Gasteiger partial charge >= 0.3 is 0 Å². The summed E-state index contributed by atoms with van der Waals surface area (Å²) in [5.74, 6) is 0.125. The van der Waals surface area contributed by atoms with Crippen LogP contribution in [0.5, 0.6) is 0 Å². The third-order valence-electron chi connectivity index (χ3n) is 5.06. The van der Waals surface area contributed by atoms with Crippen molar-refractivity contribution >= 4 is 5.91 Å². The van der Waals surface area contributed by atoms with Gasteiger partial charge in [0.25, 0.3) is 0 Å². The maximum atomic E-state index is 12.5. The fraction of sp³-hybridized carbons (Fsp3) is 0.933. The highest BCUT2D eigenvalue weighted by Gasteiger charge is 2.37. The Morgan fingerprint density at radius 3 is 2.60 bits per heavy atom. The molecule has 5 heteroatoms. The van der Waals surface area contributed by atoms with E-state index >= 15 is 0 Å². The van der Waals surface area contributed by atoms with Gasteiger partial charge in [0, 0.05) is 19.3 Å². The monoisotopic (exact) mass is 282 g/mol. The molecule has 2 heterocycles. The fourth-order valence-electron chi connectivity index (χ4n) is 3.91. The lowest BCUT2D eigenvalue weighted by Crippen LogP contribution is -2.52. The molecule has 3 atom stereocenters. The minimum Gasteiger partial charge on any atom is -0.391 e. The summed E-state index contributed by atoms with van der Waals surface area (Å²) in [5.41, 5.74) is 0. The first kappa shape index (κ1) is 14.3. The zero-order valence-electron chi connectivity index (χ0n) is 12.1. The summed E-state index contributed by atoms with van der Waals surface area (Å²) in [6, 6.07) is 0.473. The molecule has 5 nitrogen and oxygen atoms in total. The number of likely N-dealkylation sites (tertiary alicyclic amines) is 1. The van der Waals surface area contributed by atoms with E-state index in [0.717, 1.165) is 64.7 Å². The molecule has 0 bridgehead atoms. The Morgan fingerprint density at radius 1 is 1.10 bits per heavy atom. The number of aliphatic hydroxyl groups is 1. The zero-order valence-corrected chi connectivity index (χ0v) is 12.1. The van der Waals surface area contributed by atoms with Crippen molar-refractivity contribution in [1.29, 1.82) is 0 Å². The number of carbonyl (C=O) groups excluding carboxylic acids is 1. The van der Waals surface area contributed by atoms with Gasteiger partial charge in [0.15, 0.2) is 0 Å². The molecule has 2 aliphatic heterocycles. The van der Waals surface area contributed by atoms with Gasteiger partial charge < -0.3 is 15.2 Å². The van der Waals surface area contributed by atoms with Crippen LogP contribution < -0.4 is 5.32 Å². The van der Waals surface area contributed by atoms with Crippen LogP contribution in [0, 0.1) is 0 Å². The summed E-state index contributed by atoms with van der Waals surface area (Å²) in [5, 5.41) is 12.9. The molecule has 0 aromatic carbocycles. The first-order valence-electron chi connectivity index (χ1n) is 8.07. The minimum absolute atomic E-state index is 0.00546. The third-order valence-corrected chi connectivity index (χ3v) is 5.06. The summed E-state index contributed by atoms with van der Waals surface area (Å²) in [6.07, 6.45) is 6.52. The fourth-order valence-corrected chi connectivity index (χ4v) is 3.91. The summed E-state index contributed by atoms with van der Waals surface area (Å²) in [6.45, 7) is 2.66. The Hall–Kier alpha value is -0.650. The van der Waals surface area contributed by atoms with Gasteiger partial charge in [0.1, 0.15) is 0 Å². The zero-order chi connectivity index (χ0) is 13.9. The number of hydrogen-bond acceptors (Lipinski definition) is 4. The van der Waals surface area contributed by atoms with Crippen LogP contribution in [0.4, 0.5) is 0 Å². The van der Waals surface area contributed by atoms with Crippen molar-refractivity contribution in [2.24, 2.45) is 0 Å². The second-order valence-corrected chi connectivity index (χ2v) is 6.35. The molecule has 20 heavy (non-hydrogen) atoms. The highest BCUT2D eigenvalue weighted by Crippen LogP contribution is 2.26. The molecule has 0 aromatic heterocycles. The summed E-state index contributed by atoms with van der Waals surface area (Å²) in [7, 11) is 0. The van der Waals surface area contributed by atoms with Crippen LogP contribution in [0.1, 0.15) is 44.9 Å². The highest BCUT2D eigenvalue weighted by molar-refractivity contribution is 5.82. The lowest BCUT2D eigenvalue weighted by molar-refractivity contribution is -0.128. The number of ether oxygens (including phenoxy) is 1. The quantitative estimate of drug-likeness (QED) is 0.798. The second-order valence-electron chi connectivity index (χ2n) is 6.35. The van der Waals surface area contributed by atoms with Crippen molar-refractivity contribution in [2.45, 2.75) is 69.2 Å². The Morgan fingerprint density at radius 2 is 1.90 bits per heavy atom. The summed E-state index contributed by atoms with van der Waals surface area (Å²) < 4.78 is 5.42. The van der Waals surface area contributed by atoms with E-state index in [4.69, 9.17) is 4.74 Å². The van der Waals surface area contributed by atoms with E-state index in [1.807, 2.05) is 0 Å². The van der Waals surface area contributed by atoms with E-state index < -0.39 is 0 Å². The van der Waals surface area contributed by atoms with Gasteiger partial charge in [-0.2, -0.15) is 0 Å². The molecule has 3 fully saturated rings. The first-order chi connectivity index (χ1) is 9.75. The second kappa shape index (κ2) is 6.41. The molecular weight excluding hydrogens is 256 g/mol.